The molecule has 5 heteroatoms. The van der Waals surface area contributed by atoms with Crippen molar-refractivity contribution in [2.45, 2.75) is 13.0 Å². The third-order valence-corrected chi connectivity index (χ3v) is 3.57. The molecule has 2 rings (SSSR count). The average Bonchev–Trinajstić information content (AvgIpc) is 2.38. The van der Waals surface area contributed by atoms with Crippen LogP contribution in [0.25, 0.3) is 0 Å². The first-order valence-electron chi connectivity index (χ1n) is 5.70. The normalized spacial score (nSPS) is 12.5. The maximum Gasteiger partial charge on any atom is 0.123 e. The van der Waals surface area contributed by atoms with Crippen LogP contribution in [0.15, 0.2) is 36.4 Å². The molecule has 0 bridgehead atoms. The van der Waals surface area contributed by atoms with E-state index in [1.54, 1.807) is 24.3 Å². The van der Waals surface area contributed by atoms with Crippen LogP contribution >= 0.6 is 23.2 Å². The van der Waals surface area contributed by atoms with Crippen LogP contribution in [-0.4, -0.2) is 0 Å². The van der Waals surface area contributed by atoms with Crippen LogP contribution < -0.4 is 11.3 Å². The SMILES string of the molecule is Cc1ccc(F)cc1C(NN)c1cc(Cl)ccc1Cl. The minimum Gasteiger partial charge on any atom is -0.271 e. The van der Waals surface area contributed by atoms with E-state index >= 15 is 0 Å². The minimum atomic E-state index is -0.415. The number of nitrogens with two attached hydrogens (primary N) is 1. The van der Waals surface area contributed by atoms with Gasteiger partial charge in [-0.3, -0.25) is 5.84 Å². The first kappa shape index (κ1) is 14.3. The Kier molecular flexibility index (Phi) is 4.42. The molecule has 0 aromatic heterocycles. The Morgan fingerprint density at radius 2 is 1.84 bits per heavy atom. The molecule has 0 aliphatic heterocycles. The van der Waals surface area contributed by atoms with Crippen LogP contribution in [0.1, 0.15) is 22.7 Å². The minimum absolute atomic E-state index is 0.320. The molecule has 1 unspecified atom stereocenters. The molecule has 0 saturated carbocycles. The summed E-state index contributed by atoms with van der Waals surface area (Å²) < 4.78 is 13.4. The van der Waals surface area contributed by atoms with Crippen LogP contribution in [0.4, 0.5) is 4.39 Å². The lowest BCUT2D eigenvalue weighted by molar-refractivity contribution is 0.603. The van der Waals surface area contributed by atoms with Gasteiger partial charge in [0.25, 0.3) is 0 Å². The lowest BCUT2D eigenvalue weighted by Gasteiger charge is -2.20. The predicted octanol–water partition coefficient (Wildman–Crippen LogP) is 3.99. The summed E-state index contributed by atoms with van der Waals surface area (Å²) in [5.41, 5.74) is 5.02. The van der Waals surface area contributed by atoms with Gasteiger partial charge in [-0.2, -0.15) is 0 Å². The van der Waals surface area contributed by atoms with Gasteiger partial charge in [0.05, 0.1) is 6.04 Å². The highest BCUT2D eigenvalue weighted by atomic mass is 35.5. The zero-order valence-corrected chi connectivity index (χ0v) is 11.8. The Hall–Kier alpha value is -1.13. The molecule has 2 aromatic rings. The fourth-order valence-corrected chi connectivity index (χ4v) is 2.41. The van der Waals surface area contributed by atoms with Gasteiger partial charge in [-0.05, 0) is 53.9 Å². The molecule has 0 saturated heterocycles. The van der Waals surface area contributed by atoms with Crippen molar-refractivity contribution in [3.63, 3.8) is 0 Å². The van der Waals surface area contributed by atoms with Crippen LogP contribution in [-0.2, 0) is 0 Å². The van der Waals surface area contributed by atoms with Crippen molar-refractivity contribution in [3.8, 4) is 0 Å². The summed E-state index contributed by atoms with van der Waals surface area (Å²) in [5, 5.41) is 1.07. The maximum atomic E-state index is 13.4. The highest BCUT2D eigenvalue weighted by Crippen LogP contribution is 2.31. The predicted molar refractivity (Wildman–Crippen MR) is 76.8 cm³/mol. The van der Waals surface area contributed by atoms with E-state index in [2.05, 4.69) is 5.43 Å². The van der Waals surface area contributed by atoms with Crippen molar-refractivity contribution >= 4 is 23.2 Å². The highest BCUT2D eigenvalue weighted by molar-refractivity contribution is 6.33. The summed E-state index contributed by atoms with van der Waals surface area (Å²) in [5.74, 6) is 5.28. The average molecular weight is 299 g/mol. The Bertz CT molecular complexity index is 550. The maximum absolute atomic E-state index is 13.4. The molecule has 0 spiro atoms. The van der Waals surface area contributed by atoms with Crippen molar-refractivity contribution in [1.82, 2.24) is 5.43 Å². The second-order valence-electron chi connectivity index (χ2n) is 4.27. The van der Waals surface area contributed by atoms with Crippen molar-refractivity contribution in [3.05, 3.63) is 69.0 Å². The molecule has 2 nitrogen and oxygen atoms in total. The van der Waals surface area contributed by atoms with Gasteiger partial charge in [0, 0.05) is 10.0 Å². The van der Waals surface area contributed by atoms with Gasteiger partial charge in [0.2, 0.25) is 0 Å². The second-order valence-corrected chi connectivity index (χ2v) is 5.11. The molecule has 3 N–H and O–H groups in total. The zero-order chi connectivity index (χ0) is 14.0. The molecule has 100 valence electrons. The van der Waals surface area contributed by atoms with Gasteiger partial charge >= 0.3 is 0 Å². The molecule has 2 aromatic carbocycles. The number of hydrazine groups is 1. The number of halogens is 3. The van der Waals surface area contributed by atoms with Gasteiger partial charge in [0.15, 0.2) is 0 Å². The monoisotopic (exact) mass is 298 g/mol. The summed E-state index contributed by atoms with van der Waals surface area (Å²) in [6.45, 7) is 1.89. The van der Waals surface area contributed by atoms with E-state index in [4.69, 9.17) is 29.0 Å². The zero-order valence-electron chi connectivity index (χ0n) is 10.3. The van der Waals surface area contributed by atoms with Crippen molar-refractivity contribution in [2.75, 3.05) is 0 Å². The largest absolute Gasteiger partial charge is 0.271 e. The fourth-order valence-electron chi connectivity index (χ4n) is 2.01. The molecular formula is C14H13Cl2FN2. The quantitative estimate of drug-likeness (QED) is 0.664. The smallest absolute Gasteiger partial charge is 0.123 e. The van der Waals surface area contributed by atoms with E-state index in [-0.39, 0.29) is 5.82 Å². The van der Waals surface area contributed by atoms with Gasteiger partial charge in [-0.1, -0.05) is 29.3 Å². The Labute approximate surface area is 121 Å². The standard InChI is InChI=1S/C14H13Cl2FN2/c1-8-2-4-10(17)7-11(8)14(19-18)12-6-9(15)3-5-13(12)16/h2-7,14,19H,18H2,1H3. The van der Waals surface area contributed by atoms with Crippen LogP contribution in [0.3, 0.4) is 0 Å². The first-order chi connectivity index (χ1) is 9.02. The number of rotatable bonds is 3. The van der Waals surface area contributed by atoms with Gasteiger partial charge in [-0.25, -0.2) is 9.82 Å². The molecular weight excluding hydrogens is 286 g/mol. The van der Waals surface area contributed by atoms with Crippen molar-refractivity contribution < 1.29 is 4.39 Å². The Morgan fingerprint density at radius 1 is 1.11 bits per heavy atom. The second kappa shape index (κ2) is 5.88. The van der Waals surface area contributed by atoms with E-state index in [9.17, 15) is 4.39 Å². The molecule has 19 heavy (non-hydrogen) atoms. The van der Waals surface area contributed by atoms with Gasteiger partial charge in [0.1, 0.15) is 5.82 Å². The molecule has 1 atom stereocenters. The lowest BCUT2D eigenvalue weighted by Crippen LogP contribution is -2.29. The summed E-state index contributed by atoms with van der Waals surface area (Å²) >= 11 is 12.1. The molecule has 0 fully saturated rings. The number of nitrogens with one attached hydrogen (secondary N) is 1. The number of benzene rings is 2. The third-order valence-electron chi connectivity index (χ3n) is 2.99. The van der Waals surface area contributed by atoms with Crippen LogP contribution in [0.5, 0.6) is 0 Å². The molecule has 0 radical (unpaired) electrons. The third kappa shape index (κ3) is 3.07. The first-order valence-corrected chi connectivity index (χ1v) is 6.45. The van der Waals surface area contributed by atoms with Gasteiger partial charge < -0.3 is 0 Å². The number of hydrogen-bond acceptors (Lipinski definition) is 2. The summed E-state index contributed by atoms with van der Waals surface area (Å²) in [6.07, 6.45) is 0. The highest BCUT2D eigenvalue weighted by Gasteiger charge is 2.18. The fraction of sp³-hybridized carbons (Fsp3) is 0.143. The van der Waals surface area contributed by atoms with E-state index in [1.165, 1.54) is 12.1 Å². The Balaban J connectivity index is 2.55. The van der Waals surface area contributed by atoms with Crippen molar-refractivity contribution in [1.29, 1.82) is 0 Å². The lowest BCUT2D eigenvalue weighted by atomic mass is 9.95. The Morgan fingerprint density at radius 3 is 2.53 bits per heavy atom. The van der Waals surface area contributed by atoms with Crippen LogP contribution in [0.2, 0.25) is 10.0 Å². The van der Waals surface area contributed by atoms with Crippen LogP contribution in [0, 0.1) is 12.7 Å². The summed E-state index contributed by atoms with van der Waals surface area (Å²) in [6, 6.07) is 9.24. The van der Waals surface area contributed by atoms with Crippen molar-refractivity contribution in [2.24, 2.45) is 5.84 Å². The van der Waals surface area contributed by atoms with E-state index < -0.39 is 6.04 Å². The van der Waals surface area contributed by atoms with E-state index in [0.717, 1.165) is 11.1 Å². The molecule has 0 aliphatic rings. The number of aryl methyl sites for hydroxylation is 1. The summed E-state index contributed by atoms with van der Waals surface area (Å²) in [7, 11) is 0. The molecule has 0 heterocycles. The van der Waals surface area contributed by atoms with E-state index in [0.29, 0.717) is 15.6 Å². The number of hydrogen-bond donors (Lipinski definition) is 2. The summed E-state index contributed by atoms with van der Waals surface area (Å²) in [4.78, 5) is 0. The van der Waals surface area contributed by atoms with E-state index in [1.807, 2.05) is 6.92 Å². The topological polar surface area (TPSA) is 38.0 Å². The molecule has 0 aliphatic carbocycles. The molecule has 0 amide bonds. The van der Waals surface area contributed by atoms with Gasteiger partial charge in [-0.15, -0.1) is 0 Å².